The summed E-state index contributed by atoms with van der Waals surface area (Å²) in [7, 11) is 3.04. The highest BCUT2D eigenvalue weighted by Gasteiger charge is 2.17. The van der Waals surface area contributed by atoms with Crippen molar-refractivity contribution in [1.29, 1.82) is 0 Å². The molecule has 130 valence electrons. The second-order valence-electron chi connectivity index (χ2n) is 5.37. The van der Waals surface area contributed by atoms with Gasteiger partial charge in [-0.25, -0.2) is 0 Å². The summed E-state index contributed by atoms with van der Waals surface area (Å²) in [6, 6.07) is 5.37. The molecule has 2 rings (SSSR count). The van der Waals surface area contributed by atoms with E-state index in [0.29, 0.717) is 6.42 Å². The Balaban J connectivity index is 0.00000264. The molecule has 1 heterocycles. The lowest BCUT2D eigenvalue weighted by molar-refractivity contribution is -0.142. The highest BCUT2D eigenvalue weighted by atomic mass is 35.5. The molecular formula is C16H25ClN2O3S. The first kappa shape index (κ1) is 20.1. The van der Waals surface area contributed by atoms with Crippen molar-refractivity contribution in [1.82, 2.24) is 4.90 Å². The van der Waals surface area contributed by atoms with Gasteiger partial charge in [0.1, 0.15) is 11.8 Å². The maximum Gasteiger partial charge on any atom is 0.322 e. The van der Waals surface area contributed by atoms with Gasteiger partial charge in [-0.3, -0.25) is 9.69 Å². The minimum absolute atomic E-state index is 0. The van der Waals surface area contributed by atoms with Gasteiger partial charge >= 0.3 is 5.97 Å². The van der Waals surface area contributed by atoms with E-state index in [1.165, 1.54) is 18.6 Å². The maximum absolute atomic E-state index is 11.5. The third-order valence-corrected chi connectivity index (χ3v) is 4.74. The number of nitrogens with zero attached hydrogens (tertiary/aromatic N) is 1. The summed E-state index contributed by atoms with van der Waals surface area (Å²) in [5, 5.41) is 0. The highest BCUT2D eigenvalue weighted by molar-refractivity contribution is 7.99. The van der Waals surface area contributed by atoms with Crippen molar-refractivity contribution >= 4 is 30.1 Å². The van der Waals surface area contributed by atoms with Crippen LogP contribution in [-0.4, -0.2) is 55.7 Å². The maximum atomic E-state index is 11.5. The highest BCUT2D eigenvalue weighted by Crippen LogP contribution is 2.23. The summed E-state index contributed by atoms with van der Waals surface area (Å²) in [6.45, 7) is 3.06. The molecule has 1 aromatic carbocycles. The van der Waals surface area contributed by atoms with Crippen LogP contribution in [0.25, 0.3) is 0 Å². The van der Waals surface area contributed by atoms with Gasteiger partial charge in [-0.1, -0.05) is 12.1 Å². The summed E-state index contributed by atoms with van der Waals surface area (Å²) in [6.07, 6.45) is 0.472. The number of halogens is 1. The van der Waals surface area contributed by atoms with Gasteiger partial charge in [0.15, 0.2) is 0 Å². The topological polar surface area (TPSA) is 64.8 Å². The first-order valence-electron chi connectivity index (χ1n) is 7.43. The summed E-state index contributed by atoms with van der Waals surface area (Å²) in [5.41, 5.74) is 8.02. The molecule has 0 spiro atoms. The van der Waals surface area contributed by atoms with Gasteiger partial charge in [0.05, 0.1) is 14.2 Å². The van der Waals surface area contributed by atoms with Crippen molar-refractivity contribution in [2.75, 3.05) is 38.8 Å². The van der Waals surface area contributed by atoms with Crippen LogP contribution in [0.2, 0.25) is 0 Å². The molecule has 1 aromatic rings. The Labute approximate surface area is 148 Å². The van der Waals surface area contributed by atoms with Gasteiger partial charge in [-0.05, 0) is 18.1 Å². The third-order valence-electron chi connectivity index (χ3n) is 3.80. The van der Waals surface area contributed by atoms with E-state index in [2.05, 4.69) is 15.7 Å². The van der Waals surface area contributed by atoms with E-state index in [0.717, 1.165) is 36.5 Å². The fraction of sp³-hybridized carbons (Fsp3) is 0.562. The lowest BCUT2D eigenvalue weighted by Crippen LogP contribution is -2.34. The van der Waals surface area contributed by atoms with Gasteiger partial charge in [0.25, 0.3) is 0 Å². The molecular weight excluding hydrogens is 336 g/mol. The molecule has 0 saturated carbocycles. The Bertz CT molecular complexity index is 510. The van der Waals surface area contributed by atoms with Crippen LogP contribution in [0.1, 0.15) is 11.1 Å². The molecule has 0 amide bonds. The van der Waals surface area contributed by atoms with E-state index in [1.54, 1.807) is 7.11 Å². The molecule has 0 bridgehead atoms. The summed E-state index contributed by atoms with van der Waals surface area (Å²) in [5.74, 6) is 2.85. The second kappa shape index (κ2) is 10.0. The number of esters is 1. The van der Waals surface area contributed by atoms with E-state index in [9.17, 15) is 4.79 Å². The molecule has 2 N–H and O–H groups in total. The smallest absolute Gasteiger partial charge is 0.322 e. The van der Waals surface area contributed by atoms with Crippen molar-refractivity contribution in [3.63, 3.8) is 0 Å². The quantitative estimate of drug-likeness (QED) is 0.779. The molecule has 1 aliphatic rings. The lowest BCUT2D eigenvalue weighted by Gasteiger charge is -2.27. The van der Waals surface area contributed by atoms with E-state index < -0.39 is 6.04 Å². The predicted octanol–water partition coefficient (Wildman–Crippen LogP) is 1.71. The molecule has 1 atom stereocenters. The zero-order chi connectivity index (χ0) is 15.9. The van der Waals surface area contributed by atoms with Crippen molar-refractivity contribution in [2.45, 2.75) is 19.0 Å². The molecule has 1 aliphatic heterocycles. The van der Waals surface area contributed by atoms with E-state index in [4.69, 9.17) is 10.5 Å². The number of hydrogen-bond donors (Lipinski definition) is 1. The molecule has 0 aromatic heterocycles. The van der Waals surface area contributed by atoms with Gasteiger partial charge in [-0.2, -0.15) is 11.8 Å². The average Bonchev–Trinajstić information content (AvgIpc) is 2.55. The Kier molecular flexibility index (Phi) is 8.76. The number of carbonyl (C=O) groups is 1. The average molecular weight is 361 g/mol. The van der Waals surface area contributed by atoms with Crippen LogP contribution in [0.5, 0.6) is 5.75 Å². The monoisotopic (exact) mass is 360 g/mol. The normalized spacial score (nSPS) is 16.3. The van der Waals surface area contributed by atoms with Gasteiger partial charge in [-0.15, -0.1) is 12.4 Å². The predicted molar refractivity (Wildman–Crippen MR) is 96.5 cm³/mol. The Morgan fingerprint density at radius 3 is 2.65 bits per heavy atom. The van der Waals surface area contributed by atoms with Crippen LogP contribution in [0.15, 0.2) is 18.2 Å². The van der Waals surface area contributed by atoms with Crippen LogP contribution in [0.4, 0.5) is 0 Å². The number of methoxy groups -OCH3 is 2. The minimum Gasteiger partial charge on any atom is -0.496 e. The number of benzene rings is 1. The third kappa shape index (κ3) is 5.88. The largest absolute Gasteiger partial charge is 0.496 e. The molecule has 0 aliphatic carbocycles. The first-order valence-corrected chi connectivity index (χ1v) is 8.59. The zero-order valence-corrected chi connectivity index (χ0v) is 15.3. The van der Waals surface area contributed by atoms with Crippen molar-refractivity contribution in [2.24, 2.45) is 5.73 Å². The molecule has 7 heteroatoms. The van der Waals surface area contributed by atoms with Crippen LogP contribution in [-0.2, 0) is 22.5 Å². The van der Waals surface area contributed by atoms with Gasteiger partial charge < -0.3 is 15.2 Å². The molecule has 23 heavy (non-hydrogen) atoms. The lowest BCUT2D eigenvalue weighted by atomic mass is 10.0. The molecule has 0 radical (unpaired) electrons. The number of thioether (sulfide) groups is 1. The Morgan fingerprint density at radius 2 is 2.04 bits per heavy atom. The number of hydrogen-bond acceptors (Lipinski definition) is 6. The van der Waals surface area contributed by atoms with E-state index >= 15 is 0 Å². The fourth-order valence-electron chi connectivity index (χ4n) is 2.57. The van der Waals surface area contributed by atoms with Crippen LogP contribution < -0.4 is 10.5 Å². The minimum atomic E-state index is -0.627. The number of rotatable bonds is 6. The zero-order valence-electron chi connectivity index (χ0n) is 13.6. The van der Waals surface area contributed by atoms with Crippen molar-refractivity contribution in [3.8, 4) is 5.75 Å². The molecule has 5 nitrogen and oxygen atoms in total. The van der Waals surface area contributed by atoms with Crippen molar-refractivity contribution in [3.05, 3.63) is 29.3 Å². The van der Waals surface area contributed by atoms with Crippen molar-refractivity contribution < 1.29 is 14.3 Å². The first-order chi connectivity index (χ1) is 10.6. The summed E-state index contributed by atoms with van der Waals surface area (Å²) in [4.78, 5) is 13.9. The number of ether oxygens (including phenoxy) is 2. The summed E-state index contributed by atoms with van der Waals surface area (Å²) >= 11 is 2.00. The van der Waals surface area contributed by atoms with Gasteiger partial charge in [0, 0.05) is 36.7 Å². The Hall–Kier alpha value is -0.950. The number of carbonyl (C=O) groups excluding carboxylic acids is 1. The standard InChI is InChI=1S/C16H24N2O3S.ClH/c1-20-15-4-3-12(10-14(17)16(19)21-2)9-13(15)11-18-5-7-22-8-6-18;/h3-4,9,14H,5-8,10-11,17H2,1-2H3;1H. The SMILES string of the molecule is COC(=O)C(N)Cc1ccc(OC)c(CN2CCSCC2)c1.Cl. The Morgan fingerprint density at radius 1 is 1.35 bits per heavy atom. The summed E-state index contributed by atoms with van der Waals surface area (Å²) < 4.78 is 10.1. The van der Waals surface area contributed by atoms with Crippen LogP contribution in [0, 0.1) is 0 Å². The molecule has 1 unspecified atom stereocenters. The second-order valence-corrected chi connectivity index (χ2v) is 6.59. The molecule has 1 saturated heterocycles. The van der Waals surface area contributed by atoms with Crippen LogP contribution in [0.3, 0.4) is 0 Å². The van der Waals surface area contributed by atoms with E-state index in [-0.39, 0.29) is 18.4 Å². The molecule has 1 fully saturated rings. The van der Waals surface area contributed by atoms with E-state index in [1.807, 2.05) is 23.9 Å². The number of nitrogens with two attached hydrogens (primary N) is 1. The van der Waals surface area contributed by atoms with Gasteiger partial charge in [0.2, 0.25) is 0 Å². The fourth-order valence-corrected chi connectivity index (χ4v) is 3.55. The van der Waals surface area contributed by atoms with Crippen LogP contribution >= 0.6 is 24.2 Å².